The van der Waals surface area contributed by atoms with Crippen molar-refractivity contribution in [3.05, 3.63) is 94.8 Å². The summed E-state index contributed by atoms with van der Waals surface area (Å²) in [6.45, 7) is 4.19. The molecule has 3 atom stereocenters. The number of aliphatic hydroxyl groups is 1. The van der Waals surface area contributed by atoms with Gasteiger partial charge in [0, 0.05) is 11.8 Å². The lowest BCUT2D eigenvalue weighted by molar-refractivity contribution is -0.0533. The molecule has 0 bridgehead atoms. The van der Waals surface area contributed by atoms with Gasteiger partial charge >= 0.3 is 0 Å². The highest BCUT2D eigenvalue weighted by Gasteiger charge is 2.50. The summed E-state index contributed by atoms with van der Waals surface area (Å²) in [4.78, 5) is 17.3. The van der Waals surface area contributed by atoms with Gasteiger partial charge in [0.1, 0.15) is 0 Å². The molecule has 2 aromatic carbocycles. The van der Waals surface area contributed by atoms with Crippen LogP contribution in [0.4, 0.5) is 5.69 Å². The van der Waals surface area contributed by atoms with Crippen LogP contribution < -0.4 is 5.32 Å². The van der Waals surface area contributed by atoms with Gasteiger partial charge in [-0.15, -0.1) is 0 Å². The van der Waals surface area contributed by atoms with Crippen molar-refractivity contribution in [1.29, 1.82) is 0 Å². The van der Waals surface area contributed by atoms with E-state index in [0.717, 1.165) is 61.9 Å². The van der Waals surface area contributed by atoms with Crippen LogP contribution in [-0.2, 0) is 17.4 Å². The maximum atomic E-state index is 13.0. The van der Waals surface area contributed by atoms with Crippen molar-refractivity contribution in [3.8, 4) is 0 Å². The number of fused-ring (bicyclic) bond motifs is 3. The molecule has 2 aliphatic carbocycles. The summed E-state index contributed by atoms with van der Waals surface area (Å²) in [7, 11) is 0. The lowest BCUT2D eigenvalue weighted by atomic mass is 9.56. The highest BCUT2D eigenvalue weighted by molar-refractivity contribution is 6.04. The van der Waals surface area contributed by atoms with Gasteiger partial charge in [0.25, 0.3) is 5.91 Å². The Morgan fingerprint density at radius 1 is 1.12 bits per heavy atom. The standard InChI is InChI=1S/C30H34N2O2/c1-3-29-16-17-30(34,24-10-5-4-6-11-24)20-25(29)12-7-9-22-19-23(14-15-26(22)29)28(33)32-27-13-8-18-31-21(27)2/h4-6,8,10-11,13-15,18-19,25,34H,3,7,9,12,16-17,20H2,1-2H3,(H,32,33)/t25-,29+,30-/m1/s1. The number of aromatic nitrogens is 1. The van der Waals surface area contributed by atoms with Crippen LogP contribution >= 0.6 is 0 Å². The third-order valence-electron chi connectivity index (χ3n) is 8.45. The van der Waals surface area contributed by atoms with E-state index < -0.39 is 5.60 Å². The van der Waals surface area contributed by atoms with Gasteiger partial charge in [0.15, 0.2) is 0 Å². The predicted octanol–water partition coefficient (Wildman–Crippen LogP) is 6.31. The number of hydrogen-bond donors (Lipinski definition) is 2. The van der Waals surface area contributed by atoms with Crippen molar-refractivity contribution >= 4 is 11.6 Å². The van der Waals surface area contributed by atoms with Gasteiger partial charge < -0.3 is 10.4 Å². The Hall–Kier alpha value is -2.98. The number of hydrogen-bond acceptors (Lipinski definition) is 3. The van der Waals surface area contributed by atoms with Gasteiger partial charge in [0.05, 0.1) is 17.0 Å². The summed E-state index contributed by atoms with van der Waals surface area (Å²) in [5.41, 5.74) is 5.29. The average Bonchev–Trinajstić information content (AvgIpc) is 3.02. The van der Waals surface area contributed by atoms with E-state index in [9.17, 15) is 9.90 Å². The third kappa shape index (κ3) is 3.94. The normalized spacial score (nSPS) is 26.1. The number of pyridine rings is 1. The molecular weight excluding hydrogens is 420 g/mol. The van der Waals surface area contributed by atoms with Crippen molar-refractivity contribution in [2.45, 2.75) is 69.8 Å². The van der Waals surface area contributed by atoms with Gasteiger partial charge in [-0.25, -0.2) is 0 Å². The Morgan fingerprint density at radius 3 is 2.71 bits per heavy atom. The molecule has 4 nitrogen and oxygen atoms in total. The molecule has 5 rings (SSSR count). The van der Waals surface area contributed by atoms with Crippen LogP contribution in [0.25, 0.3) is 0 Å². The van der Waals surface area contributed by atoms with Crippen molar-refractivity contribution < 1.29 is 9.90 Å². The Morgan fingerprint density at radius 2 is 1.94 bits per heavy atom. The molecule has 4 heteroatoms. The van der Waals surface area contributed by atoms with Gasteiger partial charge in [-0.1, -0.05) is 43.3 Å². The molecule has 0 radical (unpaired) electrons. The molecule has 1 aromatic heterocycles. The van der Waals surface area contributed by atoms with E-state index in [4.69, 9.17) is 0 Å². The number of anilines is 1. The molecule has 1 heterocycles. The number of nitrogens with one attached hydrogen (secondary N) is 1. The van der Waals surface area contributed by atoms with Crippen LogP contribution in [0, 0.1) is 12.8 Å². The highest BCUT2D eigenvalue weighted by atomic mass is 16.3. The van der Waals surface area contributed by atoms with E-state index >= 15 is 0 Å². The van der Waals surface area contributed by atoms with E-state index in [1.54, 1.807) is 6.20 Å². The fourth-order valence-corrected chi connectivity index (χ4v) is 6.52. The number of amides is 1. The Bertz CT molecular complexity index is 1190. The maximum absolute atomic E-state index is 13.0. The zero-order chi connectivity index (χ0) is 23.8. The first kappa shape index (κ1) is 22.8. The maximum Gasteiger partial charge on any atom is 0.255 e. The predicted molar refractivity (Wildman–Crippen MR) is 136 cm³/mol. The minimum atomic E-state index is -0.753. The number of carbonyl (C=O) groups excluding carboxylic acids is 1. The SMILES string of the molecule is CC[C@]12CC[C@](O)(c3ccccc3)C[C@H]1CCCc1cc(C(=O)Nc3cccnc3C)ccc12. The Kier molecular flexibility index (Phi) is 6.03. The van der Waals surface area contributed by atoms with Crippen LogP contribution in [0.15, 0.2) is 66.9 Å². The average molecular weight is 455 g/mol. The summed E-state index contributed by atoms with van der Waals surface area (Å²) in [6.07, 6.45) is 8.48. The molecule has 0 aliphatic heterocycles. The zero-order valence-electron chi connectivity index (χ0n) is 20.2. The summed E-state index contributed by atoms with van der Waals surface area (Å²) < 4.78 is 0. The summed E-state index contributed by atoms with van der Waals surface area (Å²) in [5, 5.41) is 14.7. The highest BCUT2D eigenvalue weighted by Crippen LogP contribution is 2.55. The first-order chi connectivity index (χ1) is 16.4. The molecular formula is C30H34N2O2. The topological polar surface area (TPSA) is 62.2 Å². The molecule has 0 unspecified atom stereocenters. The summed E-state index contributed by atoms with van der Waals surface area (Å²) in [6, 6.07) is 20.2. The second-order valence-electron chi connectivity index (χ2n) is 10.2. The van der Waals surface area contributed by atoms with Crippen LogP contribution in [0.1, 0.15) is 78.2 Å². The van der Waals surface area contributed by atoms with Crippen molar-refractivity contribution in [2.75, 3.05) is 5.32 Å². The van der Waals surface area contributed by atoms with Gasteiger partial charge in [-0.3, -0.25) is 9.78 Å². The van der Waals surface area contributed by atoms with E-state index in [0.29, 0.717) is 11.5 Å². The van der Waals surface area contributed by atoms with Crippen LogP contribution in [0.2, 0.25) is 0 Å². The smallest absolute Gasteiger partial charge is 0.255 e. The minimum absolute atomic E-state index is 0.0573. The third-order valence-corrected chi connectivity index (χ3v) is 8.45. The Balaban J connectivity index is 1.45. The van der Waals surface area contributed by atoms with E-state index in [1.807, 2.05) is 43.3 Å². The van der Waals surface area contributed by atoms with E-state index in [1.165, 1.54) is 11.1 Å². The Labute approximate surface area is 202 Å². The number of benzene rings is 2. The molecule has 2 N–H and O–H groups in total. The summed E-state index contributed by atoms with van der Waals surface area (Å²) >= 11 is 0. The molecule has 1 fully saturated rings. The zero-order valence-corrected chi connectivity index (χ0v) is 20.2. The van der Waals surface area contributed by atoms with Gasteiger partial charge in [-0.05, 0) is 104 Å². The van der Waals surface area contributed by atoms with Gasteiger partial charge in [-0.2, -0.15) is 0 Å². The fraction of sp³-hybridized carbons (Fsp3) is 0.400. The number of rotatable bonds is 4. The van der Waals surface area contributed by atoms with Crippen molar-refractivity contribution in [1.82, 2.24) is 4.98 Å². The van der Waals surface area contributed by atoms with E-state index in [2.05, 4.69) is 41.5 Å². The molecule has 34 heavy (non-hydrogen) atoms. The number of nitrogens with zero attached hydrogens (tertiary/aromatic N) is 1. The van der Waals surface area contributed by atoms with Crippen LogP contribution in [0.5, 0.6) is 0 Å². The fourth-order valence-electron chi connectivity index (χ4n) is 6.52. The first-order valence-electron chi connectivity index (χ1n) is 12.6. The second kappa shape index (κ2) is 8.99. The number of aryl methyl sites for hydroxylation is 2. The monoisotopic (exact) mass is 454 g/mol. The molecule has 0 spiro atoms. The van der Waals surface area contributed by atoms with Crippen LogP contribution in [-0.4, -0.2) is 16.0 Å². The van der Waals surface area contributed by atoms with Crippen LogP contribution in [0.3, 0.4) is 0 Å². The van der Waals surface area contributed by atoms with Crippen molar-refractivity contribution in [2.24, 2.45) is 5.92 Å². The quantitative estimate of drug-likeness (QED) is 0.485. The van der Waals surface area contributed by atoms with Gasteiger partial charge in [0.2, 0.25) is 0 Å². The largest absolute Gasteiger partial charge is 0.385 e. The second-order valence-corrected chi connectivity index (χ2v) is 10.2. The first-order valence-corrected chi connectivity index (χ1v) is 12.6. The molecule has 0 saturated heterocycles. The number of carbonyl (C=O) groups is 1. The van der Waals surface area contributed by atoms with E-state index in [-0.39, 0.29) is 11.3 Å². The molecule has 1 amide bonds. The molecule has 3 aromatic rings. The lowest BCUT2D eigenvalue weighted by Gasteiger charge is -2.50. The molecule has 1 saturated carbocycles. The summed E-state index contributed by atoms with van der Waals surface area (Å²) in [5.74, 6) is 0.336. The lowest BCUT2D eigenvalue weighted by Crippen LogP contribution is -2.46. The molecule has 2 aliphatic rings. The molecule has 176 valence electrons. The van der Waals surface area contributed by atoms with Crippen molar-refractivity contribution in [3.63, 3.8) is 0 Å². The minimum Gasteiger partial charge on any atom is -0.385 e.